The third-order valence-electron chi connectivity index (χ3n) is 8.34. The number of hydrogen-bond donors (Lipinski definition) is 1. The van der Waals surface area contributed by atoms with Crippen molar-refractivity contribution in [1.82, 2.24) is 0 Å². The van der Waals surface area contributed by atoms with Gasteiger partial charge < -0.3 is 5.11 Å². The van der Waals surface area contributed by atoms with Gasteiger partial charge in [0, 0.05) is 5.41 Å². The van der Waals surface area contributed by atoms with E-state index in [1.807, 2.05) is 0 Å². The third-order valence-corrected chi connectivity index (χ3v) is 8.34. The standard InChI is InChI=1S/C20H32O/c1-13-11-20-12-14(13)6-7-15(20)19(4)9-5-8-18(2,3)16(19)10-17(20)21/h11,14-17,21H,5-10,12H2,1-4H3/t14-,15+,16-,17-,19+,20+/m1/s1. The second-order valence-corrected chi connectivity index (χ2v) is 9.68. The van der Waals surface area contributed by atoms with E-state index in [4.69, 9.17) is 0 Å². The lowest BCUT2D eigenvalue weighted by Crippen LogP contribution is -2.60. The molecule has 21 heavy (non-hydrogen) atoms. The van der Waals surface area contributed by atoms with Gasteiger partial charge in [-0.3, -0.25) is 0 Å². The quantitative estimate of drug-likeness (QED) is 0.626. The first kappa shape index (κ1) is 14.3. The van der Waals surface area contributed by atoms with E-state index in [1.165, 1.54) is 38.5 Å². The number of hydrogen-bond acceptors (Lipinski definition) is 1. The summed E-state index contributed by atoms with van der Waals surface area (Å²) in [6.07, 6.45) is 11.5. The second kappa shape index (κ2) is 4.16. The van der Waals surface area contributed by atoms with Crippen LogP contribution in [-0.4, -0.2) is 11.2 Å². The molecule has 118 valence electrons. The number of aliphatic hydroxyl groups is 1. The molecular weight excluding hydrogens is 256 g/mol. The first-order valence-corrected chi connectivity index (χ1v) is 9.17. The normalized spacial score (nSPS) is 54.6. The van der Waals surface area contributed by atoms with E-state index in [-0.39, 0.29) is 11.5 Å². The summed E-state index contributed by atoms with van der Waals surface area (Å²) in [6, 6.07) is 0. The van der Waals surface area contributed by atoms with Gasteiger partial charge in [0.1, 0.15) is 0 Å². The van der Waals surface area contributed by atoms with E-state index in [0.29, 0.717) is 22.7 Å². The molecule has 2 bridgehead atoms. The van der Waals surface area contributed by atoms with Crippen LogP contribution >= 0.6 is 0 Å². The van der Waals surface area contributed by atoms with Crippen LogP contribution in [0.3, 0.4) is 0 Å². The molecule has 4 aliphatic rings. The van der Waals surface area contributed by atoms with Crippen LogP contribution in [-0.2, 0) is 0 Å². The molecule has 4 rings (SSSR count). The van der Waals surface area contributed by atoms with Gasteiger partial charge in [-0.25, -0.2) is 0 Å². The van der Waals surface area contributed by atoms with Crippen molar-refractivity contribution in [3.63, 3.8) is 0 Å². The van der Waals surface area contributed by atoms with Crippen molar-refractivity contribution in [2.45, 2.75) is 78.7 Å². The lowest BCUT2D eigenvalue weighted by atomic mass is 9.40. The Hall–Kier alpha value is -0.300. The molecule has 0 amide bonds. The van der Waals surface area contributed by atoms with Crippen LogP contribution in [0.5, 0.6) is 0 Å². The second-order valence-electron chi connectivity index (χ2n) is 9.68. The highest BCUT2D eigenvalue weighted by Gasteiger charge is 2.64. The number of rotatable bonds is 0. The molecule has 0 aromatic heterocycles. The number of aliphatic hydroxyl groups excluding tert-OH is 1. The Labute approximate surface area is 130 Å². The Bertz CT molecular complexity index is 490. The van der Waals surface area contributed by atoms with Gasteiger partial charge in [0.15, 0.2) is 0 Å². The number of fused-ring (bicyclic) bond motifs is 3. The van der Waals surface area contributed by atoms with Crippen molar-refractivity contribution in [3.05, 3.63) is 11.6 Å². The molecule has 3 fully saturated rings. The third kappa shape index (κ3) is 1.68. The smallest absolute Gasteiger partial charge is 0.0637 e. The van der Waals surface area contributed by atoms with E-state index >= 15 is 0 Å². The van der Waals surface area contributed by atoms with Gasteiger partial charge >= 0.3 is 0 Å². The van der Waals surface area contributed by atoms with Crippen LogP contribution < -0.4 is 0 Å². The van der Waals surface area contributed by atoms with Gasteiger partial charge in [-0.2, -0.15) is 0 Å². The SMILES string of the molecule is CC1=C[C@]23C[C@H]1CC[C@H]2[C@]1(C)CCCC(C)(C)[C@H]1C[C@H]3O. The maximum absolute atomic E-state index is 11.1. The van der Waals surface area contributed by atoms with Gasteiger partial charge in [0.05, 0.1) is 6.10 Å². The molecule has 1 heteroatoms. The fraction of sp³-hybridized carbons (Fsp3) is 0.900. The van der Waals surface area contributed by atoms with Crippen LogP contribution in [0.1, 0.15) is 72.6 Å². The molecular formula is C20H32O. The lowest BCUT2D eigenvalue weighted by Gasteiger charge is -2.65. The summed E-state index contributed by atoms with van der Waals surface area (Å²) in [4.78, 5) is 0. The molecule has 0 saturated heterocycles. The van der Waals surface area contributed by atoms with Crippen LogP contribution in [0.4, 0.5) is 0 Å². The Kier molecular flexibility index (Phi) is 2.83. The van der Waals surface area contributed by atoms with Crippen molar-refractivity contribution < 1.29 is 5.11 Å². The molecule has 0 aromatic carbocycles. The number of allylic oxidation sites excluding steroid dienone is 1. The summed E-state index contributed by atoms with van der Waals surface area (Å²) in [5.41, 5.74) is 2.57. The molecule has 6 atom stereocenters. The fourth-order valence-electron chi connectivity index (χ4n) is 7.42. The highest BCUT2D eigenvalue weighted by Crippen LogP contribution is 2.70. The summed E-state index contributed by atoms with van der Waals surface area (Å²) >= 11 is 0. The molecule has 1 N–H and O–H groups in total. The maximum Gasteiger partial charge on any atom is 0.0637 e. The molecule has 0 aliphatic heterocycles. The van der Waals surface area contributed by atoms with Gasteiger partial charge in [-0.1, -0.05) is 38.8 Å². The maximum atomic E-state index is 11.1. The van der Waals surface area contributed by atoms with E-state index in [2.05, 4.69) is 33.8 Å². The van der Waals surface area contributed by atoms with E-state index in [9.17, 15) is 5.11 Å². The zero-order valence-corrected chi connectivity index (χ0v) is 14.3. The Balaban J connectivity index is 1.81. The van der Waals surface area contributed by atoms with Crippen molar-refractivity contribution >= 4 is 0 Å². The summed E-state index contributed by atoms with van der Waals surface area (Å²) in [5, 5.41) is 11.1. The Morgan fingerprint density at radius 1 is 1.10 bits per heavy atom. The van der Waals surface area contributed by atoms with E-state index in [1.54, 1.807) is 5.57 Å². The highest BCUT2D eigenvalue weighted by atomic mass is 16.3. The predicted molar refractivity (Wildman–Crippen MR) is 86.9 cm³/mol. The summed E-state index contributed by atoms with van der Waals surface area (Å²) < 4.78 is 0. The largest absolute Gasteiger partial charge is 0.392 e. The minimum Gasteiger partial charge on any atom is -0.392 e. The summed E-state index contributed by atoms with van der Waals surface area (Å²) in [5.74, 6) is 2.19. The zero-order valence-electron chi connectivity index (χ0n) is 14.3. The summed E-state index contributed by atoms with van der Waals surface area (Å²) in [7, 11) is 0. The first-order chi connectivity index (χ1) is 9.80. The van der Waals surface area contributed by atoms with Crippen molar-refractivity contribution in [1.29, 1.82) is 0 Å². The van der Waals surface area contributed by atoms with E-state index < -0.39 is 0 Å². The van der Waals surface area contributed by atoms with Crippen molar-refractivity contribution in [2.24, 2.45) is 34.0 Å². The molecule has 0 unspecified atom stereocenters. The lowest BCUT2D eigenvalue weighted by molar-refractivity contribution is -0.183. The molecule has 3 saturated carbocycles. The van der Waals surface area contributed by atoms with Crippen LogP contribution in [0.2, 0.25) is 0 Å². The van der Waals surface area contributed by atoms with Gasteiger partial charge in [-0.05, 0) is 74.0 Å². The molecule has 1 nitrogen and oxygen atoms in total. The van der Waals surface area contributed by atoms with Crippen molar-refractivity contribution in [3.8, 4) is 0 Å². The van der Waals surface area contributed by atoms with Gasteiger partial charge in [-0.15, -0.1) is 0 Å². The Morgan fingerprint density at radius 3 is 2.62 bits per heavy atom. The van der Waals surface area contributed by atoms with E-state index in [0.717, 1.165) is 12.3 Å². The molecule has 0 aromatic rings. The van der Waals surface area contributed by atoms with Gasteiger partial charge in [0.25, 0.3) is 0 Å². The minimum atomic E-state index is -0.0989. The van der Waals surface area contributed by atoms with Crippen LogP contribution in [0.25, 0.3) is 0 Å². The zero-order chi connectivity index (χ0) is 15.0. The average Bonchev–Trinajstić information content (AvgIpc) is 2.65. The highest BCUT2D eigenvalue weighted by molar-refractivity contribution is 5.29. The topological polar surface area (TPSA) is 20.2 Å². The Morgan fingerprint density at radius 2 is 1.86 bits per heavy atom. The average molecular weight is 288 g/mol. The van der Waals surface area contributed by atoms with Crippen LogP contribution in [0, 0.1) is 34.0 Å². The molecule has 4 aliphatic carbocycles. The minimum absolute atomic E-state index is 0.0989. The van der Waals surface area contributed by atoms with Gasteiger partial charge in [0.2, 0.25) is 0 Å². The predicted octanol–water partition coefficient (Wildman–Crippen LogP) is 4.95. The molecule has 0 radical (unpaired) electrons. The molecule has 1 spiro atoms. The van der Waals surface area contributed by atoms with Crippen molar-refractivity contribution in [2.75, 3.05) is 0 Å². The first-order valence-electron chi connectivity index (χ1n) is 9.17. The summed E-state index contributed by atoms with van der Waals surface area (Å²) in [6.45, 7) is 9.81. The molecule has 0 heterocycles. The fourth-order valence-corrected chi connectivity index (χ4v) is 7.42. The monoisotopic (exact) mass is 288 g/mol. The van der Waals surface area contributed by atoms with Crippen LogP contribution in [0.15, 0.2) is 11.6 Å².